The third kappa shape index (κ3) is 4.51. The summed E-state index contributed by atoms with van der Waals surface area (Å²) in [5.74, 6) is 0.722. The van der Waals surface area contributed by atoms with Crippen LogP contribution in [0.5, 0.6) is 0 Å². The average Bonchev–Trinajstić information content (AvgIpc) is 2.04. The van der Waals surface area contributed by atoms with Crippen molar-refractivity contribution in [3.8, 4) is 6.07 Å². The van der Waals surface area contributed by atoms with E-state index in [4.69, 9.17) is 5.26 Å². The third-order valence-corrected chi connectivity index (χ3v) is 1.35. The normalized spacial score (nSPS) is 12.5. The number of nitriles is 1. The summed E-state index contributed by atoms with van der Waals surface area (Å²) in [4.78, 5) is 4.22. The number of hydrogen-bond donors (Lipinski definition) is 1. The van der Waals surface area contributed by atoms with E-state index in [9.17, 15) is 0 Å². The fourth-order valence-electron chi connectivity index (χ4n) is 0.813. The Morgan fingerprint density at radius 1 is 1.67 bits per heavy atom. The zero-order valence-corrected chi connectivity index (χ0v) is 7.89. The number of nitrogens with zero attached hydrogens (tertiary/aromatic N) is 2. The molecule has 0 fully saturated rings. The zero-order chi connectivity index (χ0) is 9.40. The first-order valence-corrected chi connectivity index (χ1v) is 4.03. The van der Waals surface area contributed by atoms with E-state index in [0.29, 0.717) is 6.42 Å². The van der Waals surface area contributed by atoms with Crippen LogP contribution in [-0.4, -0.2) is 12.9 Å². The van der Waals surface area contributed by atoms with E-state index >= 15 is 0 Å². The summed E-state index contributed by atoms with van der Waals surface area (Å²) in [6.07, 6.45) is 3.33. The first-order chi connectivity index (χ1) is 5.74. The van der Waals surface area contributed by atoms with E-state index in [2.05, 4.69) is 17.2 Å². The Balaban J connectivity index is 4.28. The minimum absolute atomic E-state index is 0.339. The van der Waals surface area contributed by atoms with Crippen LogP contribution in [-0.2, 0) is 0 Å². The number of allylic oxidation sites excluding steroid dienone is 2. The molecule has 0 amide bonds. The van der Waals surface area contributed by atoms with Crippen molar-refractivity contribution >= 4 is 5.84 Å². The SMILES string of the molecule is CC/C=C(C)\N=C(\CC#N)NC. The topological polar surface area (TPSA) is 48.2 Å². The van der Waals surface area contributed by atoms with Crippen molar-refractivity contribution < 1.29 is 0 Å². The molecule has 0 saturated heterocycles. The molecule has 0 saturated carbocycles. The molecule has 0 spiro atoms. The van der Waals surface area contributed by atoms with Crippen LogP contribution in [0.4, 0.5) is 0 Å². The fraction of sp³-hybridized carbons (Fsp3) is 0.556. The molecule has 0 atom stereocenters. The Labute approximate surface area is 73.8 Å². The Bertz CT molecular complexity index is 220. The molecule has 0 aromatic heterocycles. The summed E-state index contributed by atoms with van der Waals surface area (Å²) < 4.78 is 0. The summed E-state index contributed by atoms with van der Waals surface area (Å²) in [5, 5.41) is 11.3. The number of aliphatic imine (C=N–C) groups is 1. The molecule has 3 heteroatoms. The van der Waals surface area contributed by atoms with Crippen LogP contribution >= 0.6 is 0 Å². The highest BCUT2D eigenvalue weighted by Gasteiger charge is 1.93. The summed E-state index contributed by atoms with van der Waals surface area (Å²) in [6, 6.07) is 2.05. The van der Waals surface area contributed by atoms with Gasteiger partial charge in [-0.2, -0.15) is 5.26 Å². The number of rotatable bonds is 3. The molecule has 0 aliphatic rings. The van der Waals surface area contributed by atoms with Gasteiger partial charge in [0.1, 0.15) is 5.84 Å². The number of hydrogen-bond acceptors (Lipinski definition) is 2. The second kappa shape index (κ2) is 6.41. The highest BCUT2D eigenvalue weighted by Crippen LogP contribution is 1.97. The first kappa shape index (κ1) is 10.7. The van der Waals surface area contributed by atoms with Gasteiger partial charge in [-0.25, -0.2) is 4.99 Å². The van der Waals surface area contributed by atoms with Gasteiger partial charge in [-0.1, -0.05) is 13.0 Å². The van der Waals surface area contributed by atoms with E-state index in [-0.39, 0.29) is 0 Å². The van der Waals surface area contributed by atoms with Gasteiger partial charge in [0, 0.05) is 12.7 Å². The summed E-state index contributed by atoms with van der Waals surface area (Å²) in [7, 11) is 1.77. The molecule has 0 unspecified atom stereocenters. The Hall–Kier alpha value is -1.30. The molecule has 3 nitrogen and oxygen atoms in total. The van der Waals surface area contributed by atoms with Crippen molar-refractivity contribution in [1.82, 2.24) is 5.32 Å². The van der Waals surface area contributed by atoms with Crippen molar-refractivity contribution in [3.63, 3.8) is 0 Å². The molecular weight excluding hydrogens is 150 g/mol. The molecular formula is C9H15N3. The van der Waals surface area contributed by atoms with E-state index in [1.165, 1.54) is 0 Å². The lowest BCUT2D eigenvalue weighted by Gasteiger charge is -2.00. The molecule has 0 heterocycles. The third-order valence-electron chi connectivity index (χ3n) is 1.35. The zero-order valence-electron chi connectivity index (χ0n) is 7.89. The Morgan fingerprint density at radius 3 is 2.75 bits per heavy atom. The maximum Gasteiger partial charge on any atom is 0.116 e. The van der Waals surface area contributed by atoms with Crippen molar-refractivity contribution in [2.24, 2.45) is 4.99 Å². The van der Waals surface area contributed by atoms with Crippen molar-refractivity contribution in [2.75, 3.05) is 7.05 Å². The van der Waals surface area contributed by atoms with E-state index in [0.717, 1.165) is 18.0 Å². The maximum atomic E-state index is 8.42. The molecule has 0 radical (unpaired) electrons. The lowest BCUT2D eigenvalue weighted by molar-refractivity contribution is 1.08. The van der Waals surface area contributed by atoms with E-state index in [1.807, 2.05) is 19.1 Å². The highest BCUT2D eigenvalue weighted by atomic mass is 15.0. The van der Waals surface area contributed by atoms with Gasteiger partial charge in [-0.05, 0) is 13.3 Å². The molecule has 1 N–H and O–H groups in total. The lowest BCUT2D eigenvalue weighted by atomic mass is 10.3. The molecule has 0 aromatic carbocycles. The second-order valence-electron chi connectivity index (χ2n) is 2.40. The van der Waals surface area contributed by atoms with Gasteiger partial charge in [0.25, 0.3) is 0 Å². The minimum atomic E-state index is 0.339. The molecule has 0 aliphatic carbocycles. The Kier molecular flexibility index (Phi) is 5.72. The number of nitrogens with one attached hydrogen (secondary N) is 1. The Morgan fingerprint density at radius 2 is 2.33 bits per heavy atom. The second-order valence-corrected chi connectivity index (χ2v) is 2.40. The predicted octanol–water partition coefficient (Wildman–Crippen LogP) is 1.83. The van der Waals surface area contributed by atoms with Crippen LogP contribution in [0.3, 0.4) is 0 Å². The van der Waals surface area contributed by atoms with Crippen LogP contribution < -0.4 is 5.32 Å². The maximum absolute atomic E-state index is 8.42. The van der Waals surface area contributed by atoms with Gasteiger partial charge in [-0.15, -0.1) is 0 Å². The average molecular weight is 165 g/mol. The van der Waals surface area contributed by atoms with Crippen molar-refractivity contribution in [2.45, 2.75) is 26.7 Å². The molecule has 12 heavy (non-hydrogen) atoms. The summed E-state index contributed by atoms with van der Waals surface area (Å²) >= 11 is 0. The summed E-state index contributed by atoms with van der Waals surface area (Å²) in [5.41, 5.74) is 0.956. The van der Waals surface area contributed by atoms with Gasteiger partial charge >= 0.3 is 0 Å². The van der Waals surface area contributed by atoms with Gasteiger partial charge < -0.3 is 5.32 Å². The van der Waals surface area contributed by atoms with Crippen molar-refractivity contribution in [3.05, 3.63) is 11.8 Å². The minimum Gasteiger partial charge on any atom is -0.376 e. The monoisotopic (exact) mass is 165 g/mol. The van der Waals surface area contributed by atoms with Crippen molar-refractivity contribution in [1.29, 1.82) is 5.26 Å². The molecule has 0 aliphatic heterocycles. The van der Waals surface area contributed by atoms with E-state index in [1.54, 1.807) is 7.05 Å². The smallest absolute Gasteiger partial charge is 0.116 e. The first-order valence-electron chi connectivity index (χ1n) is 4.03. The molecule has 66 valence electrons. The summed E-state index contributed by atoms with van der Waals surface area (Å²) in [6.45, 7) is 3.99. The lowest BCUT2D eigenvalue weighted by Crippen LogP contribution is -2.17. The largest absolute Gasteiger partial charge is 0.376 e. The van der Waals surface area contributed by atoms with Gasteiger partial charge in [0.2, 0.25) is 0 Å². The quantitative estimate of drug-likeness (QED) is 0.512. The van der Waals surface area contributed by atoms with Gasteiger partial charge in [-0.3, -0.25) is 0 Å². The highest BCUT2D eigenvalue weighted by molar-refractivity contribution is 5.84. The molecule has 0 bridgehead atoms. The van der Waals surface area contributed by atoms with Crippen LogP contribution in [0.15, 0.2) is 16.8 Å². The number of amidine groups is 1. The predicted molar refractivity (Wildman–Crippen MR) is 50.8 cm³/mol. The van der Waals surface area contributed by atoms with Crippen LogP contribution in [0, 0.1) is 11.3 Å². The standard InChI is InChI=1S/C9H15N3/c1-4-5-8(2)12-9(11-3)6-7-10/h5H,4,6H2,1-3H3,(H,11,12)/b8-5-. The van der Waals surface area contributed by atoms with Gasteiger partial charge in [0.15, 0.2) is 0 Å². The molecule has 0 aromatic rings. The van der Waals surface area contributed by atoms with Gasteiger partial charge in [0.05, 0.1) is 12.5 Å². The fourth-order valence-corrected chi connectivity index (χ4v) is 0.813. The van der Waals surface area contributed by atoms with Crippen LogP contribution in [0.2, 0.25) is 0 Å². The van der Waals surface area contributed by atoms with E-state index < -0.39 is 0 Å². The molecule has 0 rings (SSSR count). The van der Waals surface area contributed by atoms with Crippen LogP contribution in [0.1, 0.15) is 26.7 Å². The van der Waals surface area contributed by atoms with Crippen LogP contribution in [0.25, 0.3) is 0 Å².